The van der Waals surface area contributed by atoms with Crippen molar-refractivity contribution in [2.45, 2.75) is 73.8 Å². The average Bonchev–Trinajstić information content (AvgIpc) is 2.42. The summed E-state index contributed by atoms with van der Waals surface area (Å²) in [5.74, 6) is 0.164. The van der Waals surface area contributed by atoms with Crippen LogP contribution in [0, 0.1) is 5.92 Å². The predicted molar refractivity (Wildman–Crippen MR) is 106 cm³/mol. The van der Waals surface area contributed by atoms with Gasteiger partial charge < -0.3 is 4.74 Å². The van der Waals surface area contributed by atoms with Gasteiger partial charge in [0, 0.05) is 5.57 Å². The summed E-state index contributed by atoms with van der Waals surface area (Å²) in [6, 6.07) is 0. The lowest BCUT2D eigenvalue weighted by atomic mass is 9.97. The van der Waals surface area contributed by atoms with Crippen LogP contribution in [0.15, 0.2) is 12.2 Å². The number of alkyl halides is 3. The number of esters is 1. The molecule has 130 valence electrons. The maximum atomic E-state index is 11.3. The van der Waals surface area contributed by atoms with Gasteiger partial charge in [-0.15, -0.1) is 0 Å². The predicted octanol–water partition coefficient (Wildman–Crippen LogP) is 7.09. The van der Waals surface area contributed by atoms with Gasteiger partial charge in [-0.3, -0.25) is 0 Å². The normalized spacial score (nSPS) is 13.0. The van der Waals surface area contributed by atoms with Gasteiger partial charge in [0.1, 0.15) is 2.14 Å². The molecule has 0 saturated carbocycles. The van der Waals surface area contributed by atoms with E-state index in [9.17, 15) is 4.79 Å². The quantitative estimate of drug-likeness (QED) is 0.123. The Kier molecular flexibility index (Phi) is 13.4. The van der Waals surface area contributed by atoms with Crippen LogP contribution >= 0.6 is 47.8 Å². The molecule has 5 heteroatoms. The number of halogens is 3. The first-order chi connectivity index (χ1) is 10.3. The minimum Gasteiger partial charge on any atom is -0.462 e. The molecule has 0 aromatic carbocycles. The molecule has 0 aliphatic rings. The van der Waals surface area contributed by atoms with Gasteiger partial charge in [-0.25, -0.2) is 4.79 Å². The van der Waals surface area contributed by atoms with E-state index in [0.29, 0.717) is 18.1 Å². The third-order valence-electron chi connectivity index (χ3n) is 3.65. The molecule has 0 fully saturated rings. The Hall–Kier alpha value is 0.650. The molecule has 0 N–H and O–H groups in total. The average molecular weight is 505 g/mol. The smallest absolute Gasteiger partial charge is 0.333 e. The summed E-state index contributed by atoms with van der Waals surface area (Å²) in [5.41, 5.74) is 0.458. The summed E-state index contributed by atoms with van der Waals surface area (Å²) in [7, 11) is 0. The summed E-state index contributed by atoms with van der Waals surface area (Å²) in [6.07, 6.45) is 10.9. The van der Waals surface area contributed by atoms with Crippen molar-refractivity contribution in [3.05, 3.63) is 12.2 Å². The number of unbranched alkanes of at least 4 members (excludes halogenated alkanes) is 5. The second kappa shape index (κ2) is 13.0. The van der Waals surface area contributed by atoms with Crippen molar-refractivity contribution in [1.29, 1.82) is 0 Å². The van der Waals surface area contributed by atoms with E-state index < -0.39 is 0 Å². The summed E-state index contributed by atoms with van der Waals surface area (Å²) >= 11 is 11.0. The van der Waals surface area contributed by atoms with E-state index in [1.54, 1.807) is 6.92 Å². The maximum Gasteiger partial charge on any atom is 0.333 e. The van der Waals surface area contributed by atoms with Gasteiger partial charge in [0.15, 0.2) is 0 Å². The molecular formula is C17H29Br3O2. The summed E-state index contributed by atoms with van der Waals surface area (Å²) in [6.45, 7) is 7.95. The molecule has 2 nitrogen and oxygen atoms in total. The van der Waals surface area contributed by atoms with Gasteiger partial charge in [0.2, 0.25) is 0 Å². The van der Waals surface area contributed by atoms with Crippen LogP contribution in [0.2, 0.25) is 0 Å². The molecule has 0 aliphatic heterocycles. The summed E-state index contributed by atoms with van der Waals surface area (Å²) in [5, 5.41) is 0. The third kappa shape index (κ3) is 12.1. The molecule has 0 spiro atoms. The van der Waals surface area contributed by atoms with Crippen molar-refractivity contribution < 1.29 is 9.53 Å². The molecular weight excluding hydrogens is 476 g/mol. The summed E-state index contributed by atoms with van der Waals surface area (Å²) < 4.78 is 4.92. The van der Waals surface area contributed by atoms with E-state index in [-0.39, 0.29) is 8.11 Å². The first kappa shape index (κ1) is 22.6. The zero-order valence-electron chi connectivity index (χ0n) is 13.8. The third-order valence-corrected chi connectivity index (χ3v) is 5.59. The number of hydrogen-bond acceptors (Lipinski definition) is 2. The molecule has 1 unspecified atom stereocenters. The van der Waals surface area contributed by atoms with E-state index >= 15 is 0 Å². The van der Waals surface area contributed by atoms with Crippen molar-refractivity contribution in [3.8, 4) is 0 Å². The Labute approximate surface area is 161 Å². The molecule has 0 radical (unpaired) electrons. The first-order valence-corrected chi connectivity index (χ1v) is 10.6. The van der Waals surface area contributed by atoms with Crippen molar-refractivity contribution in [2.75, 3.05) is 6.61 Å². The van der Waals surface area contributed by atoms with Gasteiger partial charge in [-0.05, 0) is 32.1 Å². The lowest BCUT2D eigenvalue weighted by Gasteiger charge is -2.25. The largest absolute Gasteiger partial charge is 0.462 e. The molecule has 0 bridgehead atoms. The Morgan fingerprint density at radius 1 is 1.05 bits per heavy atom. The maximum absolute atomic E-state index is 11.3. The van der Waals surface area contributed by atoms with Gasteiger partial charge in [-0.1, -0.05) is 99.8 Å². The van der Waals surface area contributed by atoms with E-state index in [1.165, 1.54) is 38.5 Å². The van der Waals surface area contributed by atoms with Crippen LogP contribution < -0.4 is 0 Å². The van der Waals surface area contributed by atoms with Crippen LogP contribution in [0.3, 0.4) is 0 Å². The zero-order valence-corrected chi connectivity index (χ0v) is 18.6. The fraction of sp³-hybridized carbons (Fsp3) is 0.824. The van der Waals surface area contributed by atoms with Crippen molar-refractivity contribution >= 4 is 53.8 Å². The van der Waals surface area contributed by atoms with E-state index in [0.717, 1.165) is 19.3 Å². The van der Waals surface area contributed by atoms with E-state index in [1.807, 2.05) is 0 Å². The second-order valence-electron chi connectivity index (χ2n) is 5.85. The van der Waals surface area contributed by atoms with Crippen LogP contribution in [0.1, 0.15) is 71.6 Å². The highest BCUT2D eigenvalue weighted by atomic mass is 80.0. The SMILES string of the molecule is C=C(C)C(=O)OCCCC(CCCCCCCC)C(Br)(Br)Br. The van der Waals surface area contributed by atoms with Crippen LogP contribution in [0.5, 0.6) is 0 Å². The minimum atomic E-state index is -0.296. The fourth-order valence-corrected chi connectivity index (χ4v) is 3.63. The van der Waals surface area contributed by atoms with Crippen molar-refractivity contribution in [1.82, 2.24) is 0 Å². The molecule has 1 atom stereocenters. The van der Waals surface area contributed by atoms with Crippen LogP contribution in [-0.2, 0) is 9.53 Å². The van der Waals surface area contributed by atoms with E-state index in [2.05, 4.69) is 61.3 Å². The van der Waals surface area contributed by atoms with E-state index in [4.69, 9.17) is 4.74 Å². The Morgan fingerprint density at radius 2 is 1.59 bits per heavy atom. The zero-order chi connectivity index (χ0) is 17.0. The van der Waals surface area contributed by atoms with Crippen LogP contribution in [0.25, 0.3) is 0 Å². The lowest BCUT2D eigenvalue weighted by Crippen LogP contribution is -2.18. The molecule has 0 aromatic heterocycles. The second-order valence-corrected chi connectivity index (χ2v) is 12.8. The number of ether oxygens (including phenoxy) is 1. The van der Waals surface area contributed by atoms with Crippen molar-refractivity contribution in [2.24, 2.45) is 5.92 Å². The van der Waals surface area contributed by atoms with Gasteiger partial charge in [-0.2, -0.15) is 0 Å². The lowest BCUT2D eigenvalue weighted by molar-refractivity contribution is -0.139. The molecule has 0 aromatic rings. The monoisotopic (exact) mass is 502 g/mol. The highest BCUT2D eigenvalue weighted by Gasteiger charge is 2.29. The summed E-state index contributed by atoms with van der Waals surface area (Å²) in [4.78, 5) is 11.3. The number of carbonyl (C=O) groups is 1. The van der Waals surface area contributed by atoms with Gasteiger partial charge in [0.05, 0.1) is 6.61 Å². The Balaban J connectivity index is 3.94. The molecule has 0 heterocycles. The highest BCUT2D eigenvalue weighted by molar-refractivity contribution is 9.39. The number of rotatable bonds is 12. The molecule has 0 rings (SSSR count). The molecule has 0 amide bonds. The first-order valence-electron chi connectivity index (χ1n) is 8.18. The minimum absolute atomic E-state index is 0.227. The molecule has 22 heavy (non-hydrogen) atoms. The fourth-order valence-electron chi connectivity index (χ4n) is 2.26. The molecule has 0 saturated heterocycles. The van der Waals surface area contributed by atoms with Gasteiger partial charge in [0.25, 0.3) is 0 Å². The highest BCUT2D eigenvalue weighted by Crippen LogP contribution is 2.45. The number of carbonyl (C=O) groups excluding carboxylic acids is 1. The van der Waals surface area contributed by atoms with Gasteiger partial charge >= 0.3 is 5.97 Å². The van der Waals surface area contributed by atoms with Crippen molar-refractivity contribution in [3.63, 3.8) is 0 Å². The van der Waals surface area contributed by atoms with Crippen LogP contribution in [0.4, 0.5) is 0 Å². The Bertz CT molecular complexity index is 324. The molecule has 0 aliphatic carbocycles. The number of hydrogen-bond donors (Lipinski definition) is 0. The topological polar surface area (TPSA) is 26.3 Å². The Morgan fingerprint density at radius 3 is 2.14 bits per heavy atom. The van der Waals surface area contributed by atoms with Crippen LogP contribution in [-0.4, -0.2) is 14.7 Å². The standard InChI is InChI=1S/C17H29Br3O2/c1-4-5-6-7-8-9-11-15(17(18,19)20)12-10-13-22-16(21)14(2)3/h15H,2,4-13H2,1,3H3.